The number of rotatable bonds is 10. The van der Waals surface area contributed by atoms with Crippen molar-refractivity contribution in [1.29, 1.82) is 0 Å². The summed E-state index contributed by atoms with van der Waals surface area (Å²) < 4.78 is 27.4. The first-order valence-corrected chi connectivity index (χ1v) is 7.25. The summed E-state index contributed by atoms with van der Waals surface area (Å²) in [6.45, 7) is 3.17. The minimum Gasteiger partial charge on any atom is -0.383 e. The van der Waals surface area contributed by atoms with Crippen molar-refractivity contribution in [2.75, 3.05) is 38.3 Å². The Hall–Kier alpha value is -0.460. The van der Waals surface area contributed by atoms with Crippen LogP contribution in [0.2, 0.25) is 0 Å². The highest BCUT2D eigenvalue weighted by Gasteiger charge is 2.11. The average Bonchev–Trinajstić information content (AvgIpc) is 2.22. The second-order valence-electron chi connectivity index (χ2n) is 3.61. The molecule has 0 bridgehead atoms. The molecular formula is C10H21NO4S. The Morgan fingerprint density at radius 2 is 2.00 bits per heavy atom. The largest absolute Gasteiger partial charge is 0.383 e. The van der Waals surface area contributed by atoms with Gasteiger partial charge in [-0.15, -0.1) is 0 Å². The average molecular weight is 251 g/mol. The van der Waals surface area contributed by atoms with E-state index in [0.717, 1.165) is 0 Å². The molecule has 0 saturated heterocycles. The van der Waals surface area contributed by atoms with E-state index < -0.39 is 9.84 Å². The Morgan fingerprint density at radius 1 is 1.31 bits per heavy atom. The van der Waals surface area contributed by atoms with Gasteiger partial charge in [0.15, 0.2) is 9.84 Å². The summed E-state index contributed by atoms with van der Waals surface area (Å²) >= 11 is 0. The minimum atomic E-state index is -3.04. The monoisotopic (exact) mass is 251 g/mol. The quantitative estimate of drug-likeness (QED) is 0.554. The van der Waals surface area contributed by atoms with Gasteiger partial charge in [0.25, 0.3) is 0 Å². The van der Waals surface area contributed by atoms with Gasteiger partial charge in [-0.25, -0.2) is 8.42 Å². The number of sulfone groups is 1. The molecule has 16 heavy (non-hydrogen) atoms. The second kappa shape index (κ2) is 8.66. The molecule has 0 aromatic rings. The van der Waals surface area contributed by atoms with Crippen molar-refractivity contribution in [3.05, 3.63) is 0 Å². The first-order chi connectivity index (χ1) is 7.52. The Labute approximate surface area is 97.5 Å². The van der Waals surface area contributed by atoms with Crippen molar-refractivity contribution in [2.24, 2.45) is 0 Å². The van der Waals surface area contributed by atoms with Crippen LogP contribution in [-0.2, 0) is 19.4 Å². The third-order valence-corrected chi connectivity index (χ3v) is 3.87. The van der Waals surface area contributed by atoms with Gasteiger partial charge in [0.2, 0.25) is 0 Å². The maximum Gasteiger partial charge on any atom is 0.150 e. The van der Waals surface area contributed by atoms with Crippen molar-refractivity contribution in [2.45, 2.75) is 19.8 Å². The zero-order valence-electron chi connectivity index (χ0n) is 9.99. The summed E-state index contributed by atoms with van der Waals surface area (Å²) in [6, 6.07) is 0. The molecule has 1 N–H and O–H groups in total. The van der Waals surface area contributed by atoms with Crippen LogP contribution < -0.4 is 5.32 Å². The first-order valence-electron chi connectivity index (χ1n) is 5.43. The number of ether oxygens (including phenoxy) is 1. The third-order valence-electron chi connectivity index (χ3n) is 2.01. The number of carbonyl (C=O) groups is 1. The van der Waals surface area contributed by atoms with Gasteiger partial charge in [-0.1, -0.05) is 6.92 Å². The summed E-state index contributed by atoms with van der Waals surface area (Å²) in [6.07, 6.45) is 0.699. The predicted octanol–water partition coefficient (Wildman–Crippen LogP) is 0.00640. The molecule has 0 aromatic heterocycles. The Balaban J connectivity index is 3.65. The molecule has 0 unspecified atom stereocenters. The molecule has 0 aliphatic carbocycles. The second-order valence-corrected chi connectivity index (χ2v) is 5.91. The van der Waals surface area contributed by atoms with Crippen LogP contribution in [0.5, 0.6) is 0 Å². The van der Waals surface area contributed by atoms with Gasteiger partial charge in [-0.2, -0.15) is 0 Å². The van der Waals surface area contributed by atoms with E-state index in [9.17, 15) is 13.2 Å². The van der Waals surface area contributed by atoms with E-state index in [2.05, 4.69) is 5.32 Å². The number of Topliss-reactive ketones (excluding diaryl/α,β-unsaturated/α-hetero) is 1. The molecule has 0 spiro atoms. The standard InChI is InChI=1S/C10H21NO4S/c1-3-7-16(13,14)8-4-10(12)9-11-5-6-15-2/h11H,3-9H2,1-2H3. The van der Waals surface area contributed by atoms with Crippen LogP contribution in [0, 0.1) is 0 Å². The Morgan fingerprint density at radius 3 is 2.56 bits per heavy atom. The Bertz CT molecular complexity index is 287. The topological polar surface area (TPSA) is 72.5 Å². The maximum absolute atomic E-state index is 11.3. The van der Waals surface area contributed by atoms with Gasteiger partial charge in [0.1, 0.15) is 5.78 Å². The number of carbonyl (C=O) groups excluding carboxylic acids is 1. The lowest BCUT2D eigenvalue weighted by Crippen LogP contribution is -2.27. The number of methoxy groups -OCH3 is 1. The highest BCUT2D eigenvalue weighted by molar-refractivity contribution is 7.91. The highest BCUT2D eigenvalue weighted by atomic mass is 32.2. The number of nitrogens with one attached hydrogen (secondary N) is 1. The summed E-state index contributed by atoms with van der Waals surface area (Å²) in [5.74, 6) is 0.0546. The number of hydrogen-bond acceptors (Lipinski definition) is 5. The maximum atomic E-state index is 11.3. The van der Waals surface area contributed by atoms with Crippen LogP contribution in [0.4, 0.5) is 0 Å². The van der Waals surface area contributed by atoms with Crippen LogP contribution >= 0.6 is 0 Å². The fourth-order valence-electron chi connectivity index (χ4n) is 1.17. The van der Waals surface area contributed by atoms with E-state index in [0.29, 0.717) is 19.6 Å². The van der Waals surface area contributed by atoms with Gasteiger partial charge in [0, 0.05) is 25.8 Å². The van der Waals surface area contributed by atoms with E-state index >= 15 is 0 Å². The molecule has 0 fully saturated rings. The molecule has 0 amide bonds. The highest BCUT2D eigenvalue weighted by Crippen LogP contribution is 1.97. The van der Waals surface area contributed by atoms with Gasteiger partial charge in [-0.3, -0.25) is 4.79 Å². The van der Waals surface area contributed by atoms with Crippen molar-refractivity contribution in [1.82, 2.24) is 5.32 Å². The van der Waals surface area contributed by atoms with Crippen LogP contribution in [0.15, 0.2) is 0 Å². The summed E-state index contributed by atoms with van der Waals surface area (Å²) in [5.41, 5.74) is 0. The Kier molecular flexibility index (Phi) is 8.42. The molecule has 0 saturated carbocycles. The molecule has 0 aliphatic rings. The first kappa shape index (κ1) is 15.5. The molecule has 6 heteroatoms. The molecule has 0 aromatic carbocycles. The van der Waals surface area contributed by atoms with Gasteiger partial charge in [0.05, 0.1) is 18.9 Å². The van der Waals surface area contributed by atoms with Crippen LogP contribution in [0.3, 0.4) is 0 Å². The minimum absolute atomic E-state index is 0.0361. The van der Waals surface area contributed by atoms with Crippen LogP contribution in [-0.4, -0.2) is 52.5 Å². The smallest absolute Gasteiger partial charge is 0.150 e. The number of ketones is 1. The third kappa shape index (κ3) is 8.82. The van der Waals surface area contributed by atoms with Crippen molar-refractivity contribution in [3.8, 4) is 0 Å². The lowest BCUT2D eigenvalue weighted by molar-refractivity contribution is -0.117. The van der Waals surface area contributed by atoms with E-state index in [1.807, 2.05) is 6.92 Å². The molecule has 96 valence electrons. The molecule has 0 rings (SSSR count). The molecule has 0 atom stereocenters. The van der Waals surface area contributed by atoms with E-state index in [-0.39, 0.29) is 30.3 Å². The summed E-state index contributed by atoms with van der Waals surface area (Å²) in [5, 5.41) is 2.88. The molecule has 5 nitrogen and oxygen atoms in total. The predicted molar refractivity (Wildman–Crippen MR) is 63.3 cm³/mol. The van der Waals surface area contributed by atoms with Crippen molar-refractivity contribution in [3.63, 3.8) is 0 Å². The zero-order chi connectivity index (χ0) is 12.4. The fourth-order valence-corrected chi connectivity index (χ4v) is 2.54. The summed E-state index contributed by atoms with van der Waals surface area (Å²) in [7, 11) is -1.45. The molecular weight excluding hydrogens is 230 g/mol. The van der Waals surface area contributed by atoms with Gasteiger partial charge >= 0.3 is 0 Å². The zero-order valence-corrected chi connectivity index (χ0v) is 10.8. The molecule has 0 aliphatic heterocycles. The van der Waals surface area contributed by atoms with Gasteiger partial charge in [-0.05, 0) is 6.42 Å². The number of hydrogen-bond donors (Lipinski definition) is 1. The molecule has 0 radical (unpaired) electrons. The normalized spacial score (nSPS) is 11.6. The molecule has 0 heterocycles. The van der Waals surface area contributed by atoms with Crippen molar-refractivity contribution < 1.29 is 17.9 Å². The SMILES string of the molecule is CCCS(=O)(=O)CCC(=O)CNCCOC. The van der Waals surface area contributed by atoms with E-state index in [1.165, 1.54) is 0 Å². The van der Waals surface area contributed by atoms with Gasteiger partial charge < -0.3 is 10.1 Å². The van der Waals surface area contributed by atoms with E-state index in [4.69, 9.17) is 4.74 Å². The summed E-state index contributed by atoms with van der Waals surface area (Å²) in [4.78, 5) is 11.3. The van der Waals surface area contributed by atoms with Crippen LogP contribution in [0.1, 0.15) is 19.8 Å². The van der Waals surface area contributed by atoms with Crippen LogP contribution in [0.25, 0.3) is 0 Å². The van der Waals surface area contributed by atoms with E-state index in [1.54, 1.807) is 7.11 Å². The lowest BCUT2D eigenvalue weighted by atomic mass is 10.3. The lowest BCUT2D eigenvalue weighted by Gasteiger charge is -2.04. The van der Waals surface area contributed by atoms with Crippen molar-refractivity contribution >= 4 is 15.6 Å². The fraction of sp³-hybridized carbons (Fsp3) is 0.900.